The average molecular weight is 276 g/mol. The molecule has 0 aliphatic carbocycles. The summed E-state index contributed by atoms with van der Waals surface area (Å²) in [5.41, 5.74) is 3.77. The lowest BCUT2D eigenvalue weighted by molar-refractivity contribution is -0.139. The highest BCUT2D eigenvalue weighted by Gasteiger charge is 2.33. The van der Waals surface area contributed by atoms with E-state index in [1.54, 1.807) is 0 Å². The Morgan fingerprint density at radius 3 is 2.42 bits per heavy atom. The van der Waals surface area contributed by atoms with Gasteiger partial charge < -0.3 is 16.2 Å². The molecule has 8 heteroatoms. The summed E-state index contributed by atoms with van der Waals surface area (Å²) in [6, 6.07) is 2.94. The van der Waals surface area contributed by atoms with E-state index in [2.05, 4.69) is 0 Å². The third-order valence-corrected chi connectivity index (χ3v) is 2.22. The van der Waals surface area contributed by atoms with Gasteiger partial charge >= 0.3 is 12.1 Å². The van der Waals surface area contributed by atoms with E-state index in [0.29, 0.717) is 0 Å². The van der Waals surface area contributed by atoms with E-state index in [4.69, 9.17) is 10.8 Å². The minimum absolute atomic E-state index is 0.458. The lowest BCUT2D eigenvalue weighted by Crippen LogP contribution is -2.37. The van der Waals surface area contributed by atoms with Crippen LogP contribution in [0.4, 0.5) is 18.9 Å². The van der Waals surface area contributed by atoms with Gasteiger partial charge in [-0.25, -0.2) is 0 Å². The van der Waals surface area contributed by atoms with Crippen LogP contribution in [0.15, 0.2) is 24.3 Å². The second kappa shape index (κ2) is 5.70. The number of carboxylic acids is 1. The summed E-state index contributed by atoms with van der Waals surface area (Å²) in [7, 11) is 0. The lowest BCUT2D eigenvalue weighted by atomic mass is 10.1. The summed E-state index contributed by atoms with van der Waals surface area (Å²) in [6.45, 7) is 0. The van der Waals surface area contributed by atoms with E-state index in [0.717, 1.165) is 12.1 Å². The number of halogens is 3. The molecule has 1 rings (SSSR count). The molecule has 0 saturated heterocycles. The summed E-state index contributed by atoms with van der Waals surface area (Å²) in [5.74, 6) is -2.30. The third-order valence-electron chi connectivity index (χ3n) is 2.22. The molecule has 1 aromatic rings. The van der Waals surface area contributed by atoms with Crippen molar-refractivity contribution >= 4 is 17.6 Å². The number of hydrogen-bond donors (Lipinski definition) is 3. The van der Waals surface area contributed by atoms with Gasteiger partial charge in [0, 0.05) is 0 Å². The fourth-order valence-electron chi connectivity index (χ4n) is 1.35. The van der Waals surface area contributed by atoms with E-state index in [1.807, 2.05) is 5.32 Å². The van der Waals surface area contributed by atoms with E-state index in [-0.39, 0.29) is 0 Å². The van der Waals surface area contributed by atoms with Crippen LogP contribution in [-0.2, 0) is 15.8 Å². The molecule has 1 aromatic carbocycles. The smallest absolute Gasteiger partial charge is 0.418 e. The van der Waals surface area contributed by atoms with E-state index in [1.165, 1.54) is 12.1 Å². The number of carboxylic acid groups (broad SMARTS) is 1. The van der Waals surface area contributed by atoms with Crippen LogP contribution in [0.3, 0.4) is 0 Å². The first-order chi connectivity index (χ1) is 8.71. The molecule has 5 nitrogen and oxygen atoms in total. The van der Waals surface area contributed by atoms with Gasteiger partial charge in [0.25, 0.3) is 0 Å². The molecule has 4 N–H and O–H groups in total. The number of aliphatic carboxylic acids is 1. The third kappa shape index (κ3) is 4.25. The molecule has 0 heterocycles. The van der Waals surface area contributed by atoms with Crippen LogP contribution in [0.25, 0.3) is 0 Å². The number of hydrogen-bond acceptors (Lipinski definition) is 3. The Kier molecular flexibility index (Phi) is 4.49. The minimum atomic E-state index is -4.62. The standard InChI is InChI=1S/C11H11F3N2O3/c12-11(13,14)6-3-1-2-4-8(6)16-10(19)7(15)5-9(17)18/h1-4,7H,5,15H2,(H,16,19)(H,17,18). The molecular formula is C11H11F3N2O3. The van der Waals surface area contributed by atoms with Gasteiger partial charge in [-0.3, -0.25) is 9.59 Å². The molecule has 0 aromatic heterocycles. The molecule has 0 radical (unpaired) electrons. The zero-order valence-corrected chi connectivity index (χ0v) is 9.57. The Labute approximate surface area is 106 Å². The van der Waals surface area contributed by atoms with Gasteiger partial charge in [-0.1, -0.05) is 12.1 Å². The van der Waals surface area contributed by atoms with E-state index < -0.39 is 41.8 Å². The second-order valence-corrected chi connectivity index (χ2v) is 3.74. The number of para-hydroxylation sites is 1. The van der Waals surface area contributed by atoms with Crippen LogP contribution >= 0.6 is 0 Å². The fraction of sp³-hybridized carbons (Fsp3) is 0.273. The van der Waals surface area contributed by atoms with Crippen molar-refractivity contribution in [3.8, 4) is 0 Å². The quantitative estimate of drug-likeness (QED) is 0.776. The SMILES string of the molecule is NC(CC(=O)O)C(=O)Nc1ccccc1C(F)(F)F. The van der Waals surface area contributed by atoms with E-state index in [9.17, 15) is 22.8 Å². The molecule has 0 fully saturated rings. The maximum absolute atomic E-state index is 12.6. The molecule has 104 valence electrons. The number of alkyl halides is 3. The molecule has 0 aliphatic rings. The van der Waals surface area contributed by atoms with Crippen molar-refractivity contribution in [1.29, 1.82) is 0 Å². The summed E-state index contributed by atoms with van der Waals surface area (Å²) < 4.78 is 37.9. The molecule has 0 spiro atoms. The fourth-order valence-corrected chi connectivity index (χ4v) is 1.35. The average Bonchev–Trinajstić information content (AvgIpc) is 2.27. The monoisotopic (exact) mass is 276 g/mol. The van der Waals surface area contributed by atoms with Crippen LogP contribution in [0.1, 0.15) is 12.0 Å². The van der Waals surface area contributed by atoms with Gasteiger partial charge in [-0.05, 0) is 12.1 Å². The zero-order chi connectivity index (χ0) is 14.6. The minimum Gasteiger partial charge on any atom is -0.481 e. The first-order valence-electron chi connectivity index (χ1n) is 5.16. The first kappa shape index (κ1) is 15.0. The second-order valence-electron chi connectivity index (χ2n) is 3.74. The predicted octanol–water partition coefficient (Wildman–Crippen LogP) is 1.45. The van der Waals surface area contributed by atoms with Gasteiger partial charge in [-0.2, -0.15) is 13.2 Å². The lowest BCUT2D eigenvalue weighted by Gasteiger charge is -2.15. The Bertz CT molecular complexity index is 488. The van der Waals surface area contributed by atoms with Gasteiger partial charge in [-0.15, -0.1) is 0 Å². The van der Waals surface area contributed by atoms with Gasteiger partial charge in [0.1, 0.15) is 0 Å². The first-order valence-corrected chi connectivity index (χ1v) is 5.16. The topological polar surface area (TPSA) is 92.4 Å². The van der Waals surface area contributed by atoms with Gasteiger partial charge in [0.15, 0.2) is 0 Å². The summed E-state index contributed by atoms with van der Waals surface area (Å²) in [5, 5.41) is 10.4. The van der Waals surface area contributed by atoms with Crippen molar-refractivity contribution in [3.63, 3.8) is 0 Å². The summed E-state index contributed by atoms with van der Waals surface area (Å²) in [6.07, 6.45) is -5.29. The Morgan fingerprint density at radius 1 is 1.32 bits per heavy atom. The van der Waals surface area contributed by atoms with Crippen LogP contribution in [-0.4, -0.2) is 23.0 Å². The van der Waals surface area contributed by atoms with Crippen molar-refractivity contribution in [3.05, 3.63) is 29.8 Å². The maximum Gasteiger partial charge on any atom is 0.418 e. The number of amides is 1. The highest BCUT2D eigenvalue weighted by atomic mass is 19.4. The number of carbonyl (C=O) groups excluding carboxylic acids is 1. The van der Waals surface area contributed by atoms with E-state index >= 15 is 0 Å². The number of rotatable bonds is 4. The number of anilines is 1. The van der Waals surface area contributed by atoms with Crippen LogP contribution in [0.2, 0.25) is 0 Å². The largest absolute Gasteiger partial charge is 0.481 e. The normalized spacial score (nSPS) is 12.8. The summed E-state index contributed by atoms with van der Waals surface area (Å²) in [4.78, 5) is 21.8. The molecule has 1 unspecified atom stereocenters. The van der Waals surface area contributed by atoms with Crippen LogP contribution in [0, 0.1) is 0 Å². The number of benzene rings is 1. The van der Waals surface area contributed by atoms with Gasteiger partial charge in [0.2, 0.25) is 5.91 Å². The zero-order valence-electron chi connectivity index (χ0n) is 9.57. The van der Waals surface area contributed by atoms with Crippen molar-refractivity contribution < 1.29 is 27.9 Å². The molecule has 1 amide bonds. The Balaban J connectivity index is 2.88. The highest BCUT2D eigenvalue weighted by Crippen LogP contribution is 2.34. The van der Waals surface area contributed by atoms with Crippen LogP contribution in [0.5, 0.6) is 0 Å². The Hall–Kier alpha value is -2.09. The number of nitrogens with two attached hydrogens (primary N) is 1. The van der Waals surface area contributed by atoms with Crippen molar-refractivity contribution in [1.82, 2.24) is 0 Å². The molecule has 0 aliphatic heterocycles. The van der Waals surface area contributed by atoms with Crippen molar-refractivity contribution in [2.75, 3.05) is 5.32 Å². The van der Waals surface area contributed by atoms with Gasteiger partial charge in [0.05, 0.1) is 23.7 Å². The maximum atomic E-state index is 12.6. The molecule has 19 heavy (non-hydrogen) atoms. The van der Waals surface area contributed by atoms with Crippen molar-refractivity contribution in [2.45, 2.75) is 18.6 Å². The Morgan fingerprint density at radius 2 is 1.89 bits per heavy atom. The molecule has 0 bridgehead atoms. The highest BCUT2D eigenvalue weighted by molar-refractivity contribution is 5.97. The summed E-state index contributed by atoms with van der Waals surface area (Å²) >= 11 is 0. The van der Waals surface area contributed by atoms with Crippen LogP contribution < -0.4 is 11.1 Å². The van der Waals surface area contributed by atoms with Crippen molar-refractivity contribution in [2.24, 2.45) is 5.73 Å². The molecule has 0 saturated carbocycles. The predicted molar refractivity (Wildman–Crippen MR) is 60.3 cm³/mol. The number of nitrogens with one attached hydrogen (secondary N) is 1. The molecule has 1 atom stereocenters. The molecular weight excluding hydrogens is 265 g/mol. The number of carbonyl (C=O) groups is 2.